The van der Waals surface area contributed by atoms with Gasteiger partial charge in [0, 0.05) is 32.6 Å². The predicted molar refractivity (Wildman–Crippen MR) is 146 cm³/mol. The Kier molecular flexibility index (Phi) is 8.13. The second-order valence-electron chi connectivity index (χ2n) is 10.8. The maximum atomic E-state index is 13.9. The van der Waals surface area contributed by atoms with Crippen molar-refractivity contribution in [1.82, 2.24) is 15.2 Å². The van der Waals surface area contributed by atoms with E-state index in [1.165, 1.54) is 5.01 Å². The van der Waals surface area contributed by atoms with E-state index < -0.39 is 23.2 Å². The molecule has 3 amide bonds. The molecule has 208 valence electrons. The Morgan fingerprint density at radius 1 is 1.10 bits per heavy atom. The van der Waals surface area contributed by atoms with Crippen LogP contribution >= 0.6 is 0 Å². The summed E-state index contributed by atoms with van der Waals surface area (Å²) in [6, 6.07) is 15.6. The fourth-order valence-corrected chi connectivity index (χ4v) is 4.93. The summed E-state index contributed by atoms with van der Waals surface area (Å²) >= 11 is 0. The van der Waals surface area contributed by atoms with Gasteiger partial charge < -0.3 is 24.4 Å². The number of alkyl carbamates (subject to hydrolysis) is 1. The third kappa shape index (κ3) is 6.50. The molecular formula is C29H36N4O6. The van der Waals surface area contributed by atoms with Crippen LogP contribution in [0.5, 0.6) is 11.5 Å². The molecule has 2 heterocycles. The lowest BCUT2D eigenvalue weighted by molar-refractivity contribution is -0.141. The molecule has 0 radical (unpaired) electrons. The minimum Gasteiger partial charge on any atom is -0.497 e. The fourth-order valence-electron chi connectivity index (χ4n) is 4.93. The van der Waals surface area contributed by atoms with Gasteiger partial charge in [0.25, 0.3) is 5.91 Å². The smallest absolute Gasteiger partial charge is 0.408 e. The van der Waals surface area contributed by atoms with Gasteiger partial charge in [0.15, 0.2) is 0 Å². The molecule has 0 bridgehead atoms. The number of piperidine rings is 1. The molecule has 10 nitrogen and oxygen atoms in total. The molecular weight excluding hydrogens is 500 g/mol. The van der Waals surface area contributed by atoms with Crippen LogP contribution in [0.25, 0.3) is 0 Å². The molecule has 0 aromatic heterocycles. The van der Waals surface area contributed by atoms with Crippen LogP contribution in [0, 0.1) is 5.41 Å². The summed E-state index contributed by atoms with van der Waals surface area (Å²) in [4.78, 5) is 41.7. The summed E-state index contributed by atoms with van der Waals surface area (Å²) in [7, 11) is 3.19. The fraction of sp³-hybridized carbons (Fsp3) is 0.448. The third-order valence-corrected chi connectivity index (χ3v) is 6.71. The molecule has 2 aromatic carbocycles. The van der Waals surface area contributed by atoms with Gasteiger partial charge in [-0.05, 0) is 44.9 Å². The summed E-state index contributed by atoms with van der Waals surface area (Å²) in [5, 5.41) is 8.56. The van der Waals surface area contributed by atoms with Gasteiger partial charge in [0.2, 0.25) is 5.91 Å². The summed E-state index contributed by atoms with van der Waals surface area (Å²) in [5.74, 6) is 0.574. The van der Waals surface area contributed by atoms with Crippen molar-refractivity contribution >= 4 is 23.6 Å². The van der Waals surface area contributed by atoms with Gasteiger partial charge in [-0.3, -0.25) is 9.59 Å². The van der Waals surface area contributed by atoms with Gasteiger partial charge in [0.1, 0.15) is 35.2 Å². The average molecular weight is 537 g/mol. The predicted octanol–water partition coefficient (Wildman–Crippen LogP) is 3.26. The average Bonchev–Trinajstić information content (AvgIpc) is 3.14. The summed E-state index contributed by atoms with van der Waals surface area (Å²) in [6.45, 7) is 5.61. The van der Waals surface area contributed by atoms with E-state index in [0.717, 1.165) is 11.3 Å². The molecule has 1 fully saturated rings. The first kappa shape index (κ1) is 27.9. The number of hydrogen-bond donors (Lipinski definition) is 1. The quantitative estimate of drug-likeness (QED) is 0.555. The molecule has 0 aliphatic carbocycles. The van der Waals surface area contributed by atoms with Crippen molar-refractivity contribution in [1.29, 1.82) is 0 Å². The van der Waals surface area contributed by atoms with E-state index in [1.807, 2.05) is 30.3 Å². The molecule has 39 heavy (non-hydrogen) atoms. The summed E-state index contributed by atoms with van der Waals surface area (Å²) in [5.41, 5.74) is 0.0384. The van der Waals surface area contributed by atoms with Gasteiger partial charge >= 0.3 is 6.09 Å². The lowest BCUT2D eigenvalue weighted by atomic mass is 9.73. The van der Waals surface area contributed by atoms with E-state index >= 15 is 0 Å². The number of nitrogens with zero attached hydrogens (tertiary/aromatic N) is 3. The number of amides is 3. The molecule has 0 spiro atoms. The number of hydrazone groups is 1. The Hall–Kier alpha value is -4.08. The SMILES string of the molecule is COc1cccc(OCC(NC(=O)OC(C)(C)C)C(=O)N2CCC3=NN(C)C(=O)[C@]3(Cc3ccccc3)C2)c1. The lowest BCUT2D eigenvalue weighted by Gasteiger charge is -2.40. The minimum absolute atomic E-state index is 0.137. The van der Waals surface area contributed by atoms with Crippen LogP contribution in [-0.4, -0.2) is 79.0 Å². The van der Waals surface area contributed by atoms with Gasteiger partial charge in [-0.2, -0.15) is 5.10 Å². The van der Waals surface area contributed by atoms with Crippen LogP contribution in [0.15, 0.2) is 59.7 Å². The summed E-state index contributed by atoms with van der Waals surface area (Å²) < 4.78 is 16.6. The second-order valence-corrected chi connectivity index (χ2v) is 10.8. The zero-order valence-corrected chi connectivity index (χ0v) is 23.1. The molecule has 1 saturated heterocycles. The third-order valence-electron chi connectivity index (χ3n) is 6.71. The number of benzene rings is 2. The van der Waals surface area contributed by atoms with Gasteiger partial charge in [-0.1, -0.05) is 36.4 Å². The lowest BCUT2D eigenvalue weighted by Crippen LogP contribution is -2.60. The zero-order chi connectivity index (χ0) is 28.2. The van der Waals surface area contributed by atoms with Gasteiger partial charge in [0.05, 0.1) is 12.8 Å². The number of hydrogen-bond acceptors (Lipinski definition) is 7. The van der Waals surface area contributed by atoms with E-state index in [-0.39, 0.29) is 25.0 Å². The molecule has 0 saturated carbocycles. The number of rotatable bonds is 8. The highest BCUT2D eigenvalue weighted by Crippen LogP contribution is 2.38. The van der Waals surface area contributed by atoms with E-state index in [1.54, 1.807) is 64.1 Å². The number of ether oxygens (including phenoxy) is 3. The van der Waals surface area contributed by atoms with Crippen molar-refractivity contribution in [2.24, 2.45) is 10.5 Å². The van der Waals surface area contributed by atoms with Crippen molar-refractivity contribution < 1.29 is 28.6 Å². The molecule has 4 rings (SSSR count). The van der Waals surface area contributed by atoms with Crippen LogP contribution in [-0.2, 0) is 20.7 Å². The molecule has 2 atom stereocenters. The highest BCUT2D eigenvalue weighted by atomic mass is 16.6. The first-order valence-corrected chi connectivity index (χ1v) is 13.0. The molecule has 1 N–H and O–H groups in total. The van der Waals surface area contributed by atoms with E-state index in [4.69, 9.17) is 14.2 Å². The normalized spacial score (nSPS) is 19.6. The van der Waals surface area contributed by atoms with E-state index in [2.05, 4.69) is 10.4 Å². The monoisotopic (exact) mass is 536 g/mol. The number of methoxy groups -OCH3 is 1. The minimum atomic E-state index is -1.05. The molecule has 1 unspecified atom stereocenters. The maximum absolute atomic E-state index is 13.9. The van der Waals surface area contributed by atoms with Crippen LogP contribution in [0.2, 0.25) is 0 Å². The number of carbonyl (C=O) groups excluding carboxylic acids is 3. The molecule has 2 aliphatic heterocycles. The highest BCUT2D eigenvalue weighted by Gasteiger charge is 2.54. The van der Waals surface area contributed by atoms with E-state index in [9.17, 15) is 14.4 Å². The number of nitrogens with one attached hydrogen (secondary N) is 1. The zero-order valence-electron chi connectivity index (χ0n) is 23.1. The number of fused-ring (bicyclic) bond motifs is 1. The first-order chi connectivity index (χ1) is 18.5. The molecule has 10 heteroatoms. The Balaban J connectivity index is 1.57. The largest absolute Gasteiger partial charge is 0.497 e. The first-order valence-electron chi connectivity index (χ1n) is 13.0. The van der Waals surface area contributed by atoms with Crippen molar-refractivity contribution in [2.45, 2.75) is 45.3 Å². The van der Waals surface area contributed by atoms with Crippen LogP contribution in [0.3, 0.4) is 0 Å². The Morgan fingerprint density at radius 2 is 1.82 bits per heavy atom. The van der Waals surface area contributed by atoms with Crippen molar-refractivity contribution in [3.63, 3.8) is 0 Å². The van der Waals surface area contributed by atoms with Crippen LogP contribution in [0.4, 0.5) is 4.79 Å². The number of likely N-dealkylation sites (tertiary alicyclic amines) is 1. The van der Waals surface area contributed by atoms with Crippen LogP contribution in [0.1, 0.15) is 32.8 Å². The Morgan fingerprint density at radius 3 is 2.51 bits per heavy atom. The Bertz CT molecular complexity index is 1240. The highest BCUT2D eigenvalue weighted by molar-refractivity contribution is 6.13. The van der Waals surface area contributed by atoms with Gasteiger partial charge in [-0.25, -0.2) is 9.80 Å². The van der Waals surface area contributed by atoms with E-state index in [0.29, 0.717) is 30.9 Å². The van der Waals surface area contributed by atoms with Crippen molar-refractivity contribution in [2.75, 3.05) is 33.9 Å². The van der Waals surface area contributed by atoms with Crippen molar-refractivity contribution in [3.05, 3.63) is 60.2 Å². The molecule has 2 aromatic rings. The maximum Gasteiger partial charge on any atom is 0.408 e. The Labute approximate surface area is 228 Å². The van der Waals surface area contributed by atoms with Gasteiger partial charge in [-0.15, -0.1) is 0 Å². The topological polar surface area (TPSA) is 110 Å². The summed E-state index contributed by atoms with van der Waals surface area (Å²) in [6.07, 6.45) is 0.138. The number of carbonyl (C=O) groups is 3. The molecule has 2 aliphatic rings. The standard InChI is InChI=1S/C29H36N4O6/c1-28(2,3)39-27(36)30-23(18-38-22-13-9-12-21(16-22)37-5)25(34)33-15-14-24-29(19-33,26(35)32(4)31-24)17-20-10-7-6-8-11-20/h6-13,16,23H,14-15,17-19H2,1-5H3,(H,30,36)/t23?,29-/m1/s1. The second kappa shape index (κ2) is 11.3. The van der Waals surface area contributed by atoms with Crippen LogP contribution < -0.4 is 14.8 Å². The van der Waals surface area contributed by atoms with Crippen molar-refractivity contribution in [3.8, 4) is 11.5 Å².